The van der Waals surface area contributed by atoms with E-state index in [1.165, 1.54) is 4.57 Å². The van der Waals surface area contributed by atoms with Crippen molar-refractivity contribution in [1.29, 1.82) is 0 Å². The molecule has 0 unspecified atom stereocenters. The number of aromatic nitrogens is 1. The van der Waals surface area contributed by atoms with Gasteiger partial charge in [0.25, 0.3) is 17.4 Å². The molecule has 0 radical (unpaired) electrons. The molecule has 1 aromatic heterocycles. The molecule has 0 bridgehead atoms. The molecule has 0 saturated carbocycles. The van der Waals surface area contributed by atoms with Crippen LogP contribution in [0.5, 0.6) is 0 Å². The second kappa shape index (κ2) is 11.6. The van der Waals surface area contributed by atoms with Gasteiger partial charge in [-0.25, -0.2) is 4.99 Å². The number of allylic oxidation sites excluding steroid dienone is 1. The summed E-state index contributed by atoms with van der Waals surface area (Å²) >= 11 is 13.8. The molecule has 7 rings (SSSR count). The fourth-order valence-corrected chi connectivity index (χ4v) is 7.25. The summed E-state index contributed by atoms with van der Waals surface area (Å²) in [5.41, 5.74) is 4.12. The van der Waals surface area contributed by atoms with Crippen LogP contribution in [0.4, 0.5) is 11.4 Å². The van der Waals surface area contributed by atoms with Crippen LogP contribution in [0.1, 0.15) is 29.7 Å². The molecular weight excluding hydrogens is 627 g/mol. The lowest BCUT2D eigenvalue weighted by Crippen LogP contribution is -2.41. The predicted octanol–water partition coefficient (Wildman–Crippen LogP) is 6.10. The fourth-order valence-electron chi connectivity index (χ4n) is 5.80. The quantitative estimate of drug-likeness (QED) is 0.250. The summed E-state index contributed by atoms with van der Waals surface area (Å²) in [6.45, 7) is 2.00. The number of hydrogen-bond acceptors (Lipinski definition) is 5. The average molecular weight is 652 g/mol. The van der Waals surface area contributed by atoms with Crippen LogP contribution in [-0.4, -0.2) is 16.4 Å². The van der Waals surface area contributed by atoms with Crippen molar-refractivity contribution in [1.82, 2.24) is 4.57 Å². The number of para-hydroxylation sites is 2. The number of rotatable bonds is 5. The van der Waals surface area contributed by atoms with E-state index in [2.05, 4.69) is 5.32 Å². The molecule has 0 aliphatic carbocycles. The molecule has 3 heterocycles. The van der Waals surface area contributed by atoms with Gasteiger partial charge in [-0.15, -0.1) is 0 Å². The van der Waals surface area contributed by atoms with E-state index in [1.807, 2.05) is 60.7 Å². The van der Waals surface area contributed by atoms with Crippen LogP contribution in [0, 0.1) is 0 Å². The molecular formula is C35H24Cl2N4O3S. The molecule has 10 heteroatoms. The monoisotopic (exact) mass is 650 g/mol. The number of halogens is 2. The number of hydrogen-bond donors (Lipinski definition) is 1. The first-order valence-electron chi connectivity index (χ1n) is 14.1. The van der Waals surface area contributed by atoms with Crippen LogP contribution in [-0.2, 0) is 16.1 Å². The van der Waals surface area contributed by atoms with Crippen molar-refractivity contribution in [3.8, 4) is 0 Å². The Balaban J connectivity index is 1.41. The lowest BCUT2D eigenvalue weighted by Gasteiger charge is -2.25. The summed E-state index contributed by atoms with van der Waals surface area (Å²) in [6.07, 6.45) is 0. The van der Waals surface area contributed by atoms with E-state index < -0.39 is 11.6 Å². The van der Waals surface area contributed by atoms with Gasteiger partial charge in [0, 0.05) is 21.3 Å². The molecule has 7 nitrogen and oxygen atoms in total. The molecule has 2 amide bonds. The van der Waals surface area contributed by atoms with Crippen LogP contribution in [0.25, 0.3) is 5.57 Å². The van der Waals surface area contributed by atoms with E-state index in [4.69, 9.17) is 28.2 Å². The minimum Gasteiger partial charge on any atom is -0.322 e. The maximum Gasteiger partial charge on any atom is 0.271 e. The zero-order valence-corrected chi connectivity index (χ0v) is 26.2. The summed E-state index contributed by atoms with van der Waals surface area (Å²) in [6, 6.07) is 30.1. The smallest absolute Gasteiger partial charge is 0.271 e. The summed E-state index contributed by atoms with van der Waals surface area (Å²) in [5, 5.41) is 4.02. The van der Waals surface area contributed by atoms with Crippen molar-refractivity contribution in [3.05, 3.63) is 161 Å². The Labute approximate surface area is 272 Å². The Morgan fingerprint density at radius 1 is 0.889 bits per heavy atom. The van der Waals surface area contributed by atoms with Crippen molar-refractivity contribution in [2.45, 2.75) is 19.5 Å². The fraction of sp³-hybridized carbons (Fsp3) is 0.0857. The third-order valence-electron chi connectivity index (χ3n) is 7.90. The van der Waals surface area contributed by atoms with Gasteiger partial charge >= 0.3 is 0 Å². The van der Waals surface area contributed by atoms with Crippen LogP contribution < -0.4 is 25.1 Å². The predicted molar refractivity (Wildman–Crippen MR) is 178 cm³/mol. The number of nitrogens with zero attached hydrogens (tertiary/aromatic N) is 3. The number of fused-ring (bicyclic) bond motifs is 2. The van der Waals surface area contributed by atoms with Crippen LogP contribution in [0.3, 0.4) is 0 Å². The largest absolute Gasteiger partial charge is 0.322 e. The number of nitrogens with one attached hydrogen (secondary N) is 1. The molecule has 222 valence electrons. The van der Waals surface area contributed by atoms with E-state index in [9.17, 15) is 14.4 Å². The van der Waals surface area contributed by atoms with Crippen LogP contribution in [0.15, 0.2) is 124 Å². The van der Waals surface area contributed by atoms with Gasteiger partial charge in [0.05, 0.1) is 35.1 Å². The number of thiazole rings is 1. The van der Waals surface area contributed by atoms with Gasteiger partial charge in [-0.1, -0.05) is 101 Å². The first kappa shape index (κ1) is 29.0. The SMILES string of the molecule is CC1=C(C(=O)Nc2ccccc2)[C@@H](c2ccc(Cl)cc2)n2c(s/c(=C3/C(=O)N(Cc4ccccc4Cl)c4ccccc43)c2=O)=N1. The Morgan fingerprint density at radius 2 is 1.58 bits per heavy atom. The molecule has 4 aromatic carbocycles. The van der Waals surface area contributed by atoms with Gasteiger partial charge < -0.3 is 10.2 Å². The third kappa shape index (κ3) is 5.11. The highest BCUT2D eigenvalue weighted by Crippen LogP contribution is 2.37. The Bertz CT molecular complexity index is 2220. The number of carbonyl (C=O) groups is 2. The van der Waals surface area contributed by atoms with Crippen molar-refractivity contribution >= 4 is 63.3 Å². The number of benzene rings is 4. The molecule has 0 fully saturated rings. The van der Waals surface area contributed by atoms with Gasteiger partial charge in [-0.05, 0) is 54.4 Å². The highest BCUT2D eigenvalue weighted by Gasteiger charge is 2.37. The highest BCUT2D eigenvalue weighted by molar-refractivity contribution is 7.07. The van der Waals surface area contributed by atoms with Gasteiger partial charge in [-0.2, -0.15) is 0 Å². The molecule has 45 heavy (non-hydrogen) atoms. The van der Waals surface area contributed by atoms with E-state index in [0.717, 1.165) is 16.9 Å². The molecule has 1 N–H and O–H groups in total. The lowest BCUT2D eigenvalue weighted by atomic mass is 9.95. The van der Waals surface area contributed by atoms with Gasteiger partial charge in [0.1, 0.15) is 4.53 Å². The van der Waals surface area contributed by atoms with E-state index in [1.54, 1.807) is 54.3 Å². The lowest BCUT2D eigenvalue weighted by molar-refractivity contribution is -0.114. The normalized spacial score (nSPS) is 16.7. The second-order valence-electron chi connectivity index (χ2n) is 10.6. The van der Waals surface area contributed by atoms with Crippen LogP contribution in [0.2, 0.25) is 10.0 Å². The second-order valence-corrected chi connectivity index (χ2v) is 12.5. The molecule has 1 atom stereocenters. The summed E-state index contributed by atoms with van der Waals surface area (Å²) in [5.74, 6) is -0.684. The van der Waals surface area contributed by atoms with Gasteiger partial charge in [-0.3, -0.25) is 19.0 Å². The van der Waals surface area contributed by atoms with Crippen molar-refractivity contribution < 1.29 is 9.59 Å². The summed E-state index contributed by atoms with van der Waals surface area (Å²) in [4.78, 5) is 49.2. The van der Waals surface area contributed by atoms with E-state index in [-0.39, 0.29) is 22.9 Å². The summed E-state index contributed by atoms with van der Waals surface area (Å²) in [7, 11) is 0. The molecule has 0 saturated heterocycles. The Kier molecular flexibility index (Phi) is 7.49. The number of carbonyl (C=O) groups excluding carboxylic acids is 2. The zero-order valence-electron chi connectivity index (χ0n) is 23.8. The maximum atomic E-state index is 14.5. The third-order valence-corrected chi connectivity index (χ3v) is 9.57. The Morgan fingerprint density at radius 3 is 2.33 bits per heavy atom. The van der Waals surface area contributed by atoms with E-state index in [0.29, 0.717) is 54.2 Å². The van der Waals surface area contributed by atoms with Gasteiger partial charge in [0.2, 0.25) is 0 Å². The van der Waals surface area contributed by atoms with Crippen molar-refractivity contribution in [2.24, 2.45) is 4.99 Å². The zero-order chi connectivity index (χ0) is 31.2. The van der Waals surface area contributed by atoms with Crippen molar-refractivity contribution in [3.63, 3.8) is 0 Å². The van der Waals surface area contributed by atoms with Crippen molar-refractivity contribution in [2.75, 3.05) is 10.2 Å². The first-order valence-corrected chi connectivity index (χ1v) is 15.7. The van der Waals surface area contributed by atoms with Gasteiger partial charge in [0.15, 0.2) is 4.80 Å². The first-order chi connectivity index (χ1) is 21.8. The number of anilines is 2. The minimum absolute atomic E-state index is 0.244. The number of amides is 2. The molecule has 2 aliphatic heterocycles. The topological polar surface area (TPSA) is 83.8 Å². The molecule has 2 aliphatic rings. The van der Waals surface area contributed by atoms with Crippen LogP contribution >= 0.6 is 34.5 Å². The Hall–Kier alpha value is -4.76. The molecule has 0 spiro atoms. The standard InChI is InChI=1S/C35H24Cl2N4O3S/c1-20-28(32(42)39-24-10-3-2-4-11-24)30(21-15-17-23(36)18-16-21)41-34(44)31(45-35(41)38-20)29-25-12-6-8-14-27(25)40(33(29)43)19-22-9-5-7-13-26(22)37/h2-18,30H,19H2,1H3,(H,39,42)/b31-29+/t30-/m1/s1. The highest BCUT2D eigenvalue weighted by atomic mass is 35.5. The minimum atomic E-state index is -0.803. The molecule has 5 aromatic rings. The maximum absolute atomic E-state index is 14.5. The summed E-state index contributed by atoms with van der Waals surface area (Å²) < 4.78 is 1.76. The van der Waals surface area contributed by atoms with E-state index >= 15 is 0 Å². The average Bonchev–Trinajstić information content (AvgIpc) is 3.50.